The van der Waals surface area contributed by atoms with E-state index in [1.807, 2.05) is 13.8 Å². The lowest BCUT2D eigenvalue weighted by Gasteiger charge is -2.25. The van der Waals surface area contributed by atoms with Gasteiger partial charge in [0.2, 0.25) is 5.78 Å². The van der Waals surface area contributed by atoms with Crippen LogP contribution in [0.5, 0.6) is 0 Å². The molecule has 0 saturated carbocycles. The summed E-state index contributed by atoms with van der Waals surface area (Å²) < 4.78 is 5.17. The Morgan fingerprint density at radius 1 is 1.04 bits per heavy atom. The number of rotatable bonds is 7. The first-order chi connectivity index (χ1) is 12.9. The van der Waals surface area contributed by atoms with Gasteiger partial charge in [-0.15, -0.1) is 11.3 Å². The topological polar surface area (TPSA) is 80.8 Å². The summed E-state index contributed by atoms with van der Waals surface area (Å²) in [4.78, 5) is 51.6. The fourth-order valence-corrected chi connectivity index (χ4v) is 3.64. The Morgan fingerprint density at radius 3 is 2.19 bits per heavy atom. The summed E-state index contributed by atoms with van der Waals surface area (Å²) in [6.45, 7) is 3.35. The summed E-state index contributed by atoms with van der Waals surface area (Å²) >= 11 is 1.26. The molecule has 1 atom stereocenters. The zero-order valence-electron chi connectivity index (χ0n) is 15.0. The highest BCUT2D eigenvalue weighted by Crippen LogP contribution is 2.27. The summed E-state index contributed by atoms with van der Waals surface area (Å²) in [7, 11) is 0. The minimum Gasteiger partial charge on any atom is -0.456 e. The predicted octanol–water partition coefficient (Wildman–Crippen LogP) is 3.18. The molecule has 27 heavy (non-hydrogen) atoms. The van der Waals surface area contributed by atoms with Crippen molar-refractivity contribution in [2.75, 3.05) is 6.61 Å². The third kappa shape index (κ3) is 3.83. The zero-order valence-corrected chi connectivity index (χ0v) is 15.8. The van der Waals surface area contributed by atoms with Crippen molar-refractivity contribution in [1.29, 1.82) is 0 Å². The van der Waals surface area contributed by atoms with Crippen LogP contribution in [0.15, 0.2) is 41.8 Å². The van der Waals surface area contributed by atoms with Crippen LogP contribution in [0.3, 0.4) is 0 Å². The van der Waals surface area contributed by atoms with Crippen molar-refractivity contribution in [1.82, 2.24) is 4.90 Å². The molecule has 0 spiro atoms. The zero-order chi connectivity index (χ0) is 19.6. The van der Waals surface area contributed by atoms with E-state index in [2.05, 4.69) is 0 Å². The molecule has 1 aliphatic rings. The number of ether oxygens (including phenoxy) is 1. The monoisotopic (exact) mass is 385 g/mol. The highest BCUT2D eigenvalue weighted by atomic mass is 32.1. The van der Waals surface area contributed by atoms with Gasteiger partial charge in [0, 0.05) is 0 Å². The molecule has 3 rings (SSSR count). The Kier molecular flexibility index (Phi) is 5.51. The number of hydrogen-bond acceptors (Lipinski definition) is 6. The first-order valence-corrected chi connectivity index (χ1v) is 9.48. The van der Waals surface area contributed by atoms with E-state index in [0.717, 1.165) is 4.90 Å². The van der Waals surface area contributed by atoms with Crippen molar-refractivity contribution >= 4 is 34.9 Å². The van der Waals surface area contributed by atoms with Gasteiger partial charge in [0.25, 0.3) is 11.8 Å². The smallest absolute Gasteiger partial charge is 0.329 e. The van der Waals surface area contributed by atoms with E-state index in [1.165, 1.54) is 11.3 Å². The number of imide groups is 1. The molecule has 0 N–H and O–H groups in total. The number of amides is 2. The lowest BCUT2D eigenvalue weighted by Crippen LogP contribution is -2.46. The Hall–Kier alpha value is -2.80. The number of carbonyl (C=O) groups is 4. The van der Waals surface area contributed by atoms with Gasteiger partial charge in [0.1, 0.15) is 6.04 Å². The minimum absolute atomic E-state index is 0.0415. The molecular weight excluding hydrogens is 366 g/mol. The second kappa shape index (κ2) is 7.84. The van der Waals surface area contributed by atoms with Gasteiger partial charge in [-0.05, 0) is 35.9 Å². The Bertz CT molecular complexity index is 853. The number of carbonyl (C=O) groups excluding carboxylic acids is 4. The highest BCUT2D eigenvalue weighted by Gasteiger charge is 2.43. The van der Waals surface area contributed by atoms with Gasteiger partial charge in [0.05, 0.1) is 16.0 Å². The number of thiophene rings is 1. The van der Waals surface area contributed by atoms with Gasteiger partial charge < -0.3 is 4.74 Å². The van der Waals surface area contributed by atoms with Crippen LogP contribution in [0.2, 0.25) is 0 Å². The van der Waals surface area contributed by atoms with Crippen molar-refractivity contribution in [3.63, 3.8) is 0 Å². The molecule has 1 aromatic carbocycles. The first-order valence-electron chi connectivity index (χ1n) is 8.60. The lowest BCUT2D eigenvalue weighted by molar-refractivity contribution is -0.147. The molecule has 2 amide bonds. The number of fused-ring (bicyclic) bond motifs is 1. The number of Topliss-reactive ketones (excluding diaryl/α,β-unsaturated/α-hetero) is 1. The quantitative estimate of drug-likeness (QED) is 0.415. The Labute approximate surface area is 160 Å². The Morgan fingerprint density at radius 2 is 1.67 bits per heavy atom. The predicted molar refractivity (Wildman–Crippen MR) is 99.8 cm³/mol. The molecule has 0 unspecified atom stereocenters. The molecule has 0 radical (unpaired) electrons. The van der Waals surface area contributed by atoms with Crippen molar-refractivity contribution in [2.45, 2.75) is 26.3 Å². The van der Waals surface area contributed by atoms with E-state index in [9.17, 15) is 19.2 Å². The maximum atomic E-state index is 12.7. The van der Waals surface area contributed by atoms with E-state index < -0.39 is 30.4 Å². The average Bonchev–Trinajstić information content (AvgIpc) is 3.26. The van der Waals surface area contributed by atoms with E-state index in [-0.39, 0.29) is 29.2 Å². The molecule has 2 heterocycles. The largest absolute Gasteiger partial charge is 0.456 e. The van der Waals surface area contributed by atoms with Crippen LogP contribution in [0.4, 0.5) is 0 Å². The van der Waals surface area contributed by atoms with Crippen molar-refractivity contribution < 1.29 is 23.9 Å². The summed E-state index contributed by atoms with van der Waals surface area (Å²) in [5.41, 5.74) is 0.553. The van der Waals surface area contributed by atoms with Gasteiger partial charge >= 0.3 is 5.97 Å². The van der Waals surface area contributed by atoms with E-state index >= 15 is 0 Å². The average molecular weight is 385 g/mol. The van der Waals surface area contributed by atoms with Crippen molar-refractivity contribution in [2.24, 2.45) is 5.92 Å². The van der Waals surface area contributed by atoms with E-state index in [1.54, 1.807) is 41.8 Å². The number of benzene rings is 1. The van der Waals surface area contributed by atoms with Gasteiger partial charge in [-0.1, -0.05) is 32.0 Å². The molecule has 1 aliphatic heterocycles. The van der Waals surface area contributed by atoms with Gasteiger partial charge in [-0.2, -0.15) is 0 Å². The minimum atomic E-state index is -1.06. The van der Waals surface area contributed by atoms with Crippen LogP contribution in [0.25, 0.3) is 0 Å². The van der Waals surface area contributed by atoms with Gasteiger partial charge in [0.15, 0.2) is 6.61 Å². The number of hydrogen-bond donors (Lipinski definition) is 0. The number of nitrogens with zero attached hydrogens (tertiary/aromatic N) is 1. The first kappa shape index (κ1) is 19.0. The van der Waals surface area contributed by atoms with Crippen LogP contribution in [-0.2, 0) is 9.53 Å². The van der Waals surface area contributed by atoms with Crippen molar-refractivity contribution in [3.05, 3.63) is 57.8 Å². The maximum Gasteiger partial charge on any atom is 0.329 e. The molecule has 140 valence electrons. The molecule has 0 aliphatic carbocycles. The van der Waals surface area contributed by atoms with Crippen LogP contribution in [0.1, 0.15) is 50.7 Å². The number of ketones is 1. The SMILES string of the molecule is CC(C)C[C@@H](C(=O)OCC(=O)c1cccs1)N1C(=O)c2ccccc2C1=O. The van der Waals surface area contributed by atoms with E-state index in [4.69, 9.17) is 4.74 Å². The lowest BCUT2D eigenvalue weighted by atomic mass is 10.0. The van der Waals surface area contributed by atoms with Gasteiger partial charge in [-0.25, -0.2) is 4.79 Å². The Balaban J connectivity index is 1.78. The molecule has 0 fully saturated rings. The second-order valence-electron chi connectivity index (χ2n) is 6.68. The number of esters is 1. The summed E-state index contributed by atoms with van der Waals surface area (Å²) in [6.07, 6.45) is 0.261. The fraction of sp³-hybridized carbons (Fsp3) is 0.300. The molecule has 0 bridgehead atoms. The van der Waals surface area contributed by atoms with E-state index in [0.29, 0.717) is 4.88 Å². The fourth-order valence-electron chi connectivity index (χ4n) is 2.99. The normalized spacial score (nSPS) is 14.4. The third-order valence-electron chi connectivity index (χ3n) is 4.25. The van der Waals surface area contributed by atoms with Crippen LogP contribution in [-0.4, -0.2) is 41.1 Å². The van der Waals surface area contributed by atoms with Crippen LogP contribution < -0.4 is 0 Å². The third-order valence-corrected chi connectivity index (χ3v) is 5.16. The second-order valence-corrected chi connectivity index (χ2v) is 7.63. The molecule has 1 aromatic heterocycles. The summed E-state index contributed by atoms with van der Waals surface area (Å²) in [5, 5.41) is 1.76. The highest BCUT2D eigenvalue weighted by molar-refractivity contribution is 7.12. The molecule has 6 nitrogen and oxygen atoms in total. The molecular formula is C20H19NO5S. The van der Waals surface area contributed by atoms with Crippen LogP contribution >= 0.6 is 11.3 Å². The summed E-state index contributed by atoms with van der Waals surface area (Å²) in [6, 6.07) is 8.79. The summed E-state index contributed by atoms with van der Waals surface area (Å²) in [5.74, 6) is -2.04. The van der Waals surface area contributed by atoms with Gasteiger partial charge in [-0.3, -0.25) is 19.3 Å². The molecule has 0 saturated heterocycles. The standard InChI is InChI=1S/C20H19NO5S/c1-12(2)10-15(20(25)26-11-16(22)17-8-5-9-27-17)21-18(23)13-6-3-4-7-14(13)19(21)24/h3-9,12,15H,10-11H2,1-2H3/t15-/m0/s1. The van der Waals surface area contributed by atoms with Crippen LogP contribution in [0, 0.1) is 5.92 Å². The maximum absolute atomic E-state index is 12.7. The molecule has 2 aromatic rings. The van der Waals surface area contributed by atoms with Crippen molar-refractivity contribution in [3.8, 4) is 0 Å². The molecule has 7 heteroatoms.